The zero-order chi connectivity index (χ0) is 18.3. The van der Waals surface area contributed by atoms with Gasteiger partial charge in [-0.3, -0.25) is 10.1 Å². The van der Waals surface area contributed by atoms with Gasteiger partial charge in [-0.15, -0.1) is 0 Å². The monoisotopic (exact) mass is 426 g/mol. The maximum atomic E-state index is 12.1. The number of halogens is 2. The standard InChI is InChI=1S/C17H20BrClN4O2/c1-3-17(2,11-25-16-13(19)5-4-8-20-16)22-10-15(24)23-14-7-6-12(18)9-21-14/h4-9,22H,3,10-11H2,1-2H3,(H,21,23,24)/t17-/m1/s1. The highest BCUT2D eigenvalue weighted by Gasteiger charge is 2.24. The van der Waals surface area contributed by atoms with Gasteiger partial charge in [0, 0.05) is 22.4 Å². The number of hydrogen-bond donors (Lipinski definition) is 2. The molecule has 0 unspecified atom stereocenters. The van der Waals surface area contributed by atoms with Gasteiger partial charge in [-0.05, 0) is 53.5 Å². The Hall–Kier alpha value is -1.70. The molecule has 0 saturated carbocycles. The normalized spacial score (nSPS) is 13.1. The summed E-state index contributed by atoms with van der Waals surface area (Å²) < 4.78 is 6.56. The lowest BCUT2D eigenvalue weighted by molar-refractivity contribution is -0.115. The van der Waals surface area contributed by atoms with E-state index in [1.165, 1.54) is 0 Å². The number of aromatic nitrogens is 2. The van der Waals surface area contributed by atoms with Gasteiger partial charge < -0.3 is 10.1 Å². The van der Waals surface area contributed by atoms with Gasteiger partial charge >= 0.3 is 0 Å². The molecule has 134 valence electrons. The molecular weight excluding hydrogens is 408 g/mol. The summed E-state index contributed by atoms with van der Waals surface area (Å²) in [4.78, 5) is 20.3. The molecule has 0 fully saturated rings. The van der Waals surface area contributed by atoms with Crippen LogP contribution in [0.25, 0.3) is 0 Å². The van der Waals surface area contributed by atoms with Crippen LogP contribution < -0.4 is 15.4 Å². The molecule has 0 saturated heterocycles. The molecule has 0 aromatic carbocycles. The SMILES string of the molecule is CC[C@](C)(COc1ncccc1Cl)NCC(=O)Nc1ccc(Br)cn1. The second-order valence-corrected chi connectivity index (χ2v) is 7.08. The van der Waals surface area contributed by atoms with Crippen LogP contribution in [0.3, 0.4) is 0 Å². The van der Waals surface area contributed by atoms with E-state index >= 15 is 0 Å². The molecule has 2 aromatic heterocycles. The maximum absolute atomic E-state index is 12.1. The zero-order valence-electron chi connectivity index (χ0n) is 14.1. The number of nitrogens with one attached hydrogen (secondary N) is 2. The Bertz CT molecular complexity index is 714. The molecule has 2 N–H and O–H groups in total. The fourth-order valence-corrected chi connectivity index (χ4v) is 2.32. The Morgan fingerprint density at radius 3 is 2.80 bits per heavy atom. The van der Waals surface area contributed by atoms with Crippen molar-refractivity contribution in [1.82, 2.24) is 15.3 Å². The van der Waals surface area contributed by atoms with Gasteiger partial charge in [0.05, 0.1) is 6.54 Å². The number of rotatable bonds is 8. The number of carbonyl (C=O) groups is 1. The maximum Gasteiger partial charge on any atom is 0.239 e. The van der Waals surface area contributed by atoms with E-state index in [0.29, 0.717) is 23.3 Å². The minimum absolute atomic E-state index is 0.140. The predicted octanol–water partition coefficient (Wildman–Crippen LogP) is 3.67. The molecule has 2 heterocycles. The summed E-state index contributed by atoms with van der Waals surface area (Å²) in [5, 5.41) is 6.42. The van der Waals surface area contributed by atoms with Crippen LogP contribution in [0.15, 0.2) is 41.1 Å². The van der Waals surface area contributed by atoms with E-state index in [1.54, 1.807) is 30.6 Å². The van der Waals surface area contributed by atoms with Crippen molar-refractivity contribution in [2.75, 3.05) is 18.5 Å². The Morgan fingerprint density at radius 2 is 2.16 bits per heavy atom. The minimum atomic E-state index is -0.397. The van der Waals surface area contributed by atoms with Crippen LogP contribution in [-0.2, 0) is 4.79 Å². The van der Waals surface area contributed by atoms with Crippen molar-refractivity contribution in [1.29, 1.82) is 0 Å². The first-order chi connectivity index (χ1) is 11.9. The van der Waals surface area contributed by atoms with Gasteiger partial charge in [-0.1, -0.05) is 18.5 Å². The summed E-state index contributed by atoms with van der Waals surface area (Å²) in [5.74, 6) is 0.712. The van der Waals surface area contributed by atoms with Crippen molar-refractivity contribution in [3.05, 3.63) is 46.2 Å². The Labute approximate surface area is 160 Å². The lowest BCUT2D eigenvalue weighted by atomic mass is 10.0. The van der Waals surface area contributed by atoms with E-state index in [9.17, 15) is 4.79 Å². The van der Waals surface area contributed by atoms with Crippen LogP contribution in [0.4, 0.5) is 5.82 Å². The number of amides is 1. The summed E-state index contributed by atoms with van der Waals surface area (Å²) in [6, 6.07) is 7.01. The lowest BCUT2D eigenvalue weighted by Crippen LogP contribution is -2.49. The van der Waals surface area contributed by atoms with Crippen molar-refractivity contribution < 1.29 is 9.53 Å². The minimum Gasteiger partial charge on any atom is -0.475 e. The van der Waals surface area contributed by atoms with Crippen LogP contribution in [0.2, 0.25) is 5.02 Å². The summed E-state index contributed by atoms with van der Waals surface area (Å²) in [5.41, 5.74) is -0.397. The average Bonchev–Trinajstić information content (AvgIpc) is 2.61. The van der Waals surface area contributed by atoms with Gasteiger partial charge in [-0.25, -0.2) is 9.97 Å². The summed E-state index contributed by atoms with van der Waals surface area (Å²) in [6.07, 6.45) is 4.02. The largest absolute Gasteiger partial charge is 0.475 e. The van der Waals surface area contributed by atoms with Crippen molar-refractivity contribution in [2.45, 2.75) is 25.8 Å². The highest BCUT2D eigenvalue weighted by Crippen LogP contribution is 2.21. The molecule has 1 amide bonds. The van der Waals surface area contributed by atoms with E-state index in [1.807, 2.05) is 19.9 Å². The lowest BCUT2D eigenvalue weighted by Gasteiger charge is -2.29. The number of nitrogens with zero attached hydrogens (tertiary/aromatic N) is 2. The molecule has 1 atom stereocenters. The number of anilines is 1. The van der Waals surface area contributed by atoms with Gasteiger partial charge in [0.25, 0.3) is 0 Å². The van der Waals surface area contributed by atoms with Crippen molar-refractivity contribution in [3.8, 4) is 5.88 Å². The number of hydrogen-bond acceptors (Lipinski definition) is 5. The second kappa shape index (κ2) is 9.12. The third-order valence-electron chi connectivity index (χ3n) is 3.70. The van der Waals surface area contributed by atoms with Crippen molar-refractivity contribution in [3.63, 3.8) is 0 Å². The van der Waals surface area contributed by atoms with Crippen LogP contribution >= 0.6 is 27.5 Å². The molecule has 2 rings (SSSR count). The van der Waals surface area contributed by atoms with Crippen molar-refractivity contribution >= 4 is 39.3 Å². The first-order valence-corrected chi connectivity index (χ1v) is 8.99. The summed E-state index contributed by atoms with van der Waals surface area (Å²) in [6.45, 7) is 4.48. The molecule has 0 spiro atoms. The van der Waals surface area contributed by atoms with Gasteiger partial charge in [0.15, 0.2) is 0 Å². The molecule has 25 heavy (non-hydrogen) atoms. The molecule has 0 radical (unpaired) electrons. The van der Waals surface area contributed by atoms with Crippen LogP contribution in [-0.4, -0.2) is 34.6 Å². The number of carbonyl (C=O) groups excluding carboxylic acids is 1. The fourth-order valence-electron chi connectivity index (χ4n) is 1.91. The molecule has 2 aromatic rings. The second-order valence-electron chi connectivity index (χ2n) is 5.76. The smallest absolute Gasteiger partial charge is 0.239 e. The topological polar surface area (TPSA) is 76.1 Å². The summed E-state index contributed by atoms with van der Waals surface area (Å²) in [7, 11) is 0. The highest BCUT2D eigenvalue weighted by molar-refractivity contribution is 9.10. The first-order valence-electron chi connectivity index (χ1n) is 7.81. The fraction of sp³-hybridized carbons (Fsp3) is 0.353. The van der Waals surface area contributed by atoms with E-state index in [2.05, 4.69) is 36.5 Å². The molecule has 0 aliphatic heterocycles. The molecular formula is C17H20BrClN4O2. The van der Waals surface area contributed by atoms with Gasteiger partial charge in [0.2, 0.25) is 11.8 Å². The number of ether oxygens (including phenoxy) is 1. The molecule has 6 nitrogen and oxygen atoms in total. The van der Waals surface area contributed by atoms with Crippen LogP contribution in [0.5, 0.6) is 5.88 Å². The molecule has 0 aliphatic rings. The van der Waals surface area contributed by atoms with Crippen molar-refractivity contribution in [2.24, 2.45) is 0 Å². The van der Waals surface area contributed by atoms with Gasteiger partial charge in [-0.2, -0.15) is 0 Å². The molecule has 0 bridgehead atoms. The molecule has 8 heteroatoms. The van der Waals surface area contributed by atoms with E-state index in [-0.39, 0.29) is 12.5 Å². The Morgan fingerprint density at radius 1 is 1.36 bits per heavy atom. The van der Waals surface area contributed by atoms with Crippen LogP contribution in [0.1, 0.15) is 20.3 Å². The predicted molar refractivity (Wildman–Crippen MR) is 102 cm³/mol. The van der Waals surface area contributed by atoms with Crippen LogP contribution in [0, 0.1) is 0 Å². The third kappa shape index (κ3) is 6.26. The Kier molecular flexibility index (Phi) is 7.16. The highest BCUT2D eigenvalue weighted by atomic mass is 79.9. The zero-order valence-corrected chi connectivity index (χ0v) is 16.4. The Balaban J connectivity index is 1.86. The van der Waals surface area contributed by atoms with E-state index in [4.69, 9.17) is 16.3 Å². The van der Waals surface area contributed by atoms with E-state index < -0.39 is 5.54 Å². The number of pyridine rings is 2. The quantitative estimate of drug-likeness (QED) is 0.672. The summed E-state index contributed by atoms with van der Waals surface area (Å²) >= 11 is 9.35. The first kappa shape index (κ1) is 19.6. The average molecular weight is 428 g/mol. The van der Waals surface area contributed by atoms with E-state index in [0.717, 1.165) is 10.9 Å². The van der Waals surface area contributed by atoms with Gasteiger partial charge in [0.1, 0.15) is 17.4 Å². The molecule has 0 aliphatic carbocycles. The third-order valence-corrected chi connectivity index (χ3v) is 4.46.